The Kier molecular flexibility index (Phi) is 7.17. The second-order valence-electron chi connectivity index (χ2n) is 7.16. The van der Waals surface area contributed by atoms with Crippen molar-refractivity contribution in [3.63, 3.8) is 0 Å². The van der Waals surface area contributed by atoms with E-state index in [1.54, 1.807) is 42.5 Å². The maximum atomic E-state index is 12.7. The summed E-state index contributed by atoms with van der Waals surface area (Å²) in [6.07, 6.45) is 0.959. The predicted octanol–water partition coefficient (Wildman–Crippen LogP) is 4.74. The minimum absolute atomic E-state index is 0.139. The number of esters is 1. The first-order chi connectivity index (χ1) is 14.9. The Bertz CT molecular complexity index is 1110. The van der Waals surface area contributed by atoms with Gasteiger partial charge in [0, 0.05) is 18.9 Å². The van der Waals surface area contributed by atoms with Crippen LogP contribution in [0.2, 0.25) is 0 Å². The SMILES string of the molecule is CC(=O)Oc1cccc(C(=O)Nc2ccccc2NC(=O)CCc2cccc(C)c2)c1. The standard InChI is InChI=1S/C25H24N2O4/c1-17-7-5-8-19(15-17)13-14-24(29)26-22-11-3-4-12-23(22)27-25(30)20-9-6-10-21(16-20)31-18(2)28/h3-12,15-16H,13-14H2,1-2H3,(H,26,29)(H,27,30). The normalized spacial score (nSPS) is 10.3. The van der Waals surface area contributed by atoms with Crippen LogP contribution in [-0.4, -0.2) is 17.8 Å². The largest absolute Gasteiger partial charge is 0.427 e. The zero-order valence-corrected chi connectivity index (χ0v) is 17.5. The van der Waals surface area contributed by atoms with E-state index in [-0.39, 0.29) is 17.6 Å². The highest BCUT2D eigenvalue weighted by atomic mass is 16.5. The van der Waals surface area contributed by atoms with Gasteiger partial charge in [-0.2, -0.15) is 0 Å². The van der Waals surface area contributed by atoms with E-state index < -0.39 is 5.97 Å². The van der Waals surface area contributed by atoms with Gasteiger partial charge < -0.3 is 15.4 Å². The van der Waals surface area contributed by atoms with E-state index in [1.165, 1.54) is 13.0 Å². The first kappa shape index (κ1) is 21.8. The molecule has 2 amide bonds. The molecule has 0 spiro atoms. The zero-order valence-electron chi connectivity index (χ0n) is 17.5. The van der Waals surface area contributed by atoms with Gasteiger partial charge in [0.2, 0.25) is 5.91 Å². The van der Waals surface area contributed by atoms with E-state index in [4.69, 9.17) is 4.74 Å². The number of hydrogen-bond acceptors (Lipinski definition) is 4. The van der Waals surface area contributed by atoms with Crippen molar-refractivity contribution in [2.45, 2.75) is 26.7 Å². The predicted molar refractivity (Wildman–Crippen MR) is 120 cm³/mol. The van der Waals surface area contributed by atoms with E-state index in [0.717, 1.165) is 11.1 Å². The second-order valence-corrected chi connectivity index (χ2v) is 7.16. The van der Waals surface area contributed by atoms with Crippen molar-refractivity contribution < 1.29 is 19.1 Å². The number of rotatable bonds is 7. The maximum Gasteiger partial charge on any atom is 0.308 e. The molecule has 6 nitrogen and oxygen atoms in total. The number of ether oxygens (including phenoxy) is 1. The number of benzene rings is 3. The highest BCUT2D eigenvalue weighted by Crippen LogP contribution is 2.23. The molecule has 0 saturated heterocycles. The summed E-state index contributed by atoms with van der Waals surface area (Å²) < 4.78 is 5.03. The molecule has 3 aromatic rings. The maximum absolute atomic E-state index is 12.7. The summed E-state index contributed by atoms with van der Waals surface area (Å²) in [6, 6.07) is 21.4. The van der Waals surface area contributed by atoms with Gasteiger partial charge in [-0.1, -0.05) is 48.0 Å². The molecule has 6 heteroatoms. The Morgan fingerprint density at radius 3 is 2.26 bits per heavy atom. The van der Waals surface area contributed by atoms with Crippen molar-refractivity contribution in [3.8, 4) is 5.75 Å². The molecule has 0 aromatic heterocycles. The van der Waals surface area contributed by atoms with Crippen LogP contribution in [0, 0.1) is 6.92 Å². The van der Waals surface area contributed by atoms with Crippen LogP contribution in [0.5, 0.6) is 5.75 Å². The zero-order chi connectivity index (χ0) is 22.2. The van der Waals surface area contributed by atoms with Crippen molar-refractivity contribution >= 4 is 29.2 Å². The number of carbonyl (C=O) groups excluding carboxylic acids is 3. The minimum Gasteiger partial charge on any atom is -0.427 e. The summed E-state index contributed by atoms with van der Waals surface area (Å²) in [6.45, 7) is 3.31. The lowest BCUT2D eigenvalue weighted by Crippen LogP contribution is -2.17. The third-order valence-electron chi connectivity index (χ3n) is 4.53. The average Bonchev–Trinajstić information content (AvgIpc) is 2.73. The molecule has 0 saturated carbocycles. The van der Waals surface area contributed by atoms with E-state index in [1.807, 2.05) is 25.1 Å². The van der Waals surface area contributed by atoms with Crippen LogP contribution >= 0.6 is 0 Å². The Hall–Kier alpha value is -3.93. The van der Waals surface area contributed by atoms with E-state index in [2.05, 4.69) is 16.7 Å². The van der Waals surface area contributed by atoms with Gasteiger partial charge in [0.25, 0.3) is 5.91 Å². The summed E-state index contributed by atoms with van der Waals surface area (Å²) in [5, 5.41) is 5.67. The highest BCUT2D eigenvalue weighted by Gasteiger charge is 2.12. The Morgan fingerprint density at radius 1 is 0.839 bits per heavy atom. The molecule has 3 aromatic carbocycles. The Balaban J connectivity index is 1.65. The monoisotopic (exact) mass is 416 g/mol. The van der Waals surface area contributed by atoms with Crippen LogP contribution in [0.15, 0.2) is 72.8 Å². The number of amides is 2. The number of aryl methyl sites for hydroxylation is 2. The molecule has 158 valence electrons. The molecule has 0 aliphatic heterocycles. The molecule has 0 atom stereocenters. The van der Waals surface area contributed by atoms with Gasteiger partial charge in [-0.3, -0.25) is 14.4 Å². The molecule has 0 fully saturated rings. The average molecular weight is 416 g/mol. The molecule has 0 heterocycles. The van der Waals surface area contributed by atoms with Crippen LogP contribution in [0.1, 0.15) is 34.8 Å². The summed E-state index contributed by atoms with van der Waals surface area (Å²) in [7, 11) is 0. The highest BCUT2D eigenvalue weighted by molar-refractivity contribution is 6.07. The quantitative estimate of drug-likeness (QED) is 0.430. The second kappa shape index (κ2) is 10.2. The molecule has 0 aliphatic rings. The first-order valence-electron chi connectivity index (χ1n) is 9.95. The molecule has 2 N–H and O–H groups in total. The summed E-state index contributed by atoms with van der Waals surface area (Å²) in [5.74, 6) is -0.690. The summed E-state index contributed by atoms with van der Waals surface area (Å²) >= 11 is 0. The molecule has 0 unspecified atom stereocenters. The van der Waals surface area contributed by atoms with E-state index >= 15 is 0 Å². The molecule has 0 radical (unpaired) electrons. The van der Waals surface area contributed by atoms with Crippen LogP contribution in [0.3, 0.4) is 0 Å². The van der Waals surface area contributed by atoms with Crippen molar-refractivity contribution in [2.24, 2.45) is 0 Å². The minimum atomic E-state index is -0.462. The number of para-hydroxylation sites is 2. The molecule has 0 bridgehead atoms. The Labute approximate surface area is 181 Å². The van der Waals surface area contributed by atoms with Crippen LogP contribution in [-0.2, 0) is 16.0 Å². The van der Waals surface area contributed by atoms with E-state index in [0.29, 0.717) is 29.8 Å². The number of anilines is 2. The number of carbonyl (C=O) groups is 3. The van der Waals surface area contributed by atoms with Crippen molar-refractivity contribution in [3.05, 3.63) is 89.5 Å². The third-order valence-corrected chi connectivity index (χ3v) is 4.53. The van der Waals surface area contributed by atoms with Gasteiger partial charge in [-0.05, 0) is 49.2 Å². The Morgan fingerprint density at radius 2 is 1.55 bits per heavy atom. The fourth-order valence-corrected chi connectivity index (χ4v) is 3.10. The van der Waals surface area contributed by atoms with Crippen molar-refractivity contribution in [1.82, 2.24) is 0 Å². The molecule has 3 rings (SSSR count). The molecular weight excluding hydrogens is 392 g/mol. The molecular formula is C25H24N2O4. The van der Waals surface area contributed by atoms with E-state index in [9.17, 15) is 14.4 Å². The van der Waals surface area contributed by atoms with Gasteiger partial charge in [-0.15, -0.1) is 0 Å². The number of nitrogens with one attached hydrogen (secondary N) is 2. The fraction of sp³-hybridized carbons (Fsp3) is 0.160. The lowest BCUT2D eigenvalue weighted by atomic mass is 10.1. The lowest BCUT2D eigenvalue weighted by molar-refractivity contribution is -0.131. The van der Waals surface area contributed by atoms with Crippen molar-refractivity contribution in [2.75, 3.05) is 10.6 Å². The van der Waals surface area contributed by atoms with Crippen LogP contribution < -0.4 is 15.4 Å². The van der Waals surface area contributed by atoms with Gasteiger partial charge in [-0.25, -0.2) is 0 Å². The van der Waals surface area contributed by atoms with Gasteiger partial charge >= 0.3 is 5.97 Å². The number of hydrogen-bond donors (Lipinski definition) is 2. The lowest BCUT2D eigenvalue weighted by Gasteiger charge is -2.13. The van der Waals surface area contributed by atoms with Crippen LogP contribution in [0.25, 0.3) is 0 Å². The van der Waals surface area contributed by atoms with Gasteiger partial charge in [0.05, 0.1) is 11.4 Å². The van der Waals surface area contributed by atoms with Gasteiger partial charge in [0.1, 0.15) is 5.75 Å². The molecule has 0 aliphatic carbocycles. The summed E-state index contributed by atoms with van der Waals surface area (Å²) in [4.78, 5) is 36.3. The summed E-state index contributed by atoms with van der Waals surface area (Å²) in [5.41, 5.74) is 3.59. The molecule has 31 heavy (non-hydrogen) atoms. The fourth-order valence-electron chi connectivity index (χ4n) is 3.10. The van der Waals surface area contributed by atoms with Gasteiger partial charge in [0.15, 0.2) is 0 Å². The smallest absolute Gasteiger partial charge is 0.308 e. The van der Waals surface area contributed by atoms with Crippen LogP contribution in [0.4, 0.5) is 11.4 Å². The first-order valence-corrected chi connectivity index (χ1v) is 9.95. The van der Waals surface area contributed by atoms with Crippen molar-refractivity contribution in [1.29, 1.82) is 0 Å². The topological polar surface area (TPSA) is 84.5 Å². The third kappa shape index (κ3) is 6.54.